The maximum absolute atomic E-state index is 13.3. The molecule has 8 nitrogen and oxygen atoms in total. The topological polar surface area (TPSA) is 103 Å². The van der Waals surface area contributed by atoms with Crippen molar-refractivity contribution in [1.82, 2.24) is 20.1 Å². The summed E-state index contributed by atoms with van der Waals surface area (Å²) in [7, 11) is 0. The molecule has 4 aromatic rings. The summed E-state index contributed by atoms with van der Waals surface area (Å²) in [5.41, 5.74) is 2.44. The summed E-state index contributed by atoms with van der Waals surface area (Å²) in [5, 5.41) is 23.2. The van der Waals surface area contributed by atoms with Gasteiger partial charge in [-0.1, -0.05) is 61.2 Å². The third-order valence-electron chi connectivity index (χ3n) is 5.65. The molecule has 3 aromatic carbocycles. The van der Waals surface area contributed by atoms with Gasteiger partial charge in [0.05, 0.1) is 17.4 Å². The summed E-state index contributed by atoms with van der Waals surface area (Å²) in [6.07, 6.45) is 0.643. The molecular formula is C26H24FN5O3S. The number of benzene rings is 3. The predicted molar refractivity (Wildman–Crippen MR) is 135 cm³/mol. The number of rotatable bonds is 10. The van der Waals surface area contributed by atoms with Crippen LogP contribution in [0.4, 0.5) is 10.1 Å². The van der Waals surface area contributed by atoms with E-state index < -0.39 is 4.92 Å². The summed E-state index contributed by atoms with van der Waals surface area (Å²) in [6.45, 7) is 2.09. The number of nitrogens with zero attached hydrogens (tertiary/aromatic N) is 4. The number of halogens is 1. The molecule has 1 N–H and O–H groups in total. The Labute approximate surface area is 211 Å². The highest BCUT2D eigenvalue weighted by Gasteiger charge is 2.21. The Morgan fingerprint density at radius 3 is 2.39 bits per heavy atom. The average molecular weight is 506 g/mol. The summed E-state index contributed by atoms with van der Waals surface area (Å²) in [5.74, 6) is 0.277. The maximum atomic E-state index is 13.3. The Morgan fingerprint density at radius 1 is 1.06 bits per heavy atom. The largest absolute Gasteiger partial charge is 0.348 e. The Morgan fingerprint density at radius 2 is 1.75 bits per heavy atom. The van der Waals surface area contributed by atoms with Crippen LogP contribution in [0.1, 0.15) is 36.2 Å². The first-order valence-corrected chi connectivity index (χ1v) is 12.3. The van der Waals surface area contributed by atoms with Gasteiger partial charge in [-0.2, -0.15) is 0 Å². The summed E-state index contributed by atoms with van der Waals surface area (Å²) in [4.78, 5) is 23.6. The number of nitrogens with one attached hydrogen (secondary N) is 1. The third kappa shape index (κ3) is 5.95. The number of hydrogen-bond acceptors (Lipinski definition) is 6. The van der Waals surface area contributed by atoms with Gasteiger partial charge in [-0.05, 0) is 41.8 Å². The number of amides is 1. The molecule has 184 valence electrons. The normalized spacial score (nSPS) is 11.7. The highest BCUT2D eigenvalue weighted by atomic mass is 32.2. The first-order chi connectivity index (χ1) is 17.5. The number of non-ortho nitro benzene ring substituents is 1. The van der Waals surface area contributed by atoms with Gasteiger partial charge in [0.15, 0.2) is 11.0 Å². The molecule has 0 saturated heterocycles. The quantitative estimate of drug-likeness (QED) is 0.175. The minimum atomic E-state index is -0.463. The van der Waals surface area contributed by atoms with Crippen LogP contribution < -0.4 is 5.32 Å². The Kier molecular flexibility index (Phi) is 8.06. The molecule has 1 atom stereocenters. The van der Waals surface area contributed by atoms with Gasteiger partial charge in [-0.15, -0.1) is 10.2 Å². The van der Waals surface area contributed by atoms with E-state index in [0.29, 0.717) is 28.8 Å². The zero-order valence-electron chi connectivity index (χ0n) is 19.5. The lowest BCUT2D eigenvalue weighted by molar-refractivity contribution is -0.384. The summed E-state index contributed by atoms with van der Waals surface area (Å²) in [6, 6.07) is 21.8. The number of hydrogen-bond donors (Lipinski definition) is 1. The van der Waals surface area contributed by atoms with Gasteiger partial charge in [0.1, 0.15) is 5.82 Å². The maximum Gasteiger partial charge on any atom is 0.269 e. The number of nitro groups is 1. The molecule has 1 amide bonds. The number of carbonyl (C=O) groups excluding carboxylic acids is 1. The average Bonchev–Trinajstić information content (AvgIpc) is 3.31. The van der Waals surface area contributed by atoms with Crippen molar-refractivity contribution < 1.29 is 14.1 Å². The van der Waals surface area contributed by atoms with Crippen LogP contribution in [-0.4, -0.2) is 25.6 Å². The molecule has 0 aliphatic carbocycles. The van der Waals surface area contributed by atoms with Gasteiger partial charge in [-0.3, -0.25) is 19.5 Å². The molecule has 36 heavy (non-hydrogen) atoms. The molecule has 0 aliphatic rings. The van der Waals surface area contributed by atoms with Crippen molar-refractivity contribution in [2.45, 2.75) is 36.7 Å². The van der Waals surface area contributed by atoms with Crippen molar-refractivity contribution in [1.29, 1.82) is 0 Å². The van der Waals surface area contributed by atoms with Crippen LogP contribution in [0.5, 0.6) is 0 Å². The van der Waals surface area contributed by atoms with Crippen molar-refractivity contribution in [2.24, 2.45) is 0 Å². The van der Waals surface area contributed by atoms with E-state index >= 15 is 0 Å². The van der Waals surface area contributed by atoms with Crippen molar-refractivity contribution >= 4 is 23.4 Å². The van der Waals surface area contributed by atoms with Crippen LogP contribution in [0.3, 0.4) is 0 Å². The first kappa shape index (κ1) is 25.1. The zero-order valence-corrected chi connectivity index (χ0v) is 20.3. The lowest BCUT2D eigenvalue weighted by Crippen LogP contribution is -2.29. The lowest BCUT2D eigenvalue weighted by atomic mass is 9.96. The molecule has 0 aliphatic heterocycles. The lowest BCUT2D eigenvalue weighted by Gasteiger charge is -2.16. The van der Waals surface area contributed by atoms with Crippen LogP contribution >= 0.6 is 11.8 Å². The minimum Gasteiger partial charge on any atom is -0.348 e. The van der Waals surface area contributed by atoms with Gasteiger partial charge in [0.2, 0.25) is 5.91 Å². The molecule has 10 heteroatoms. The fourth-order valence-electron chi connectivity index (χ4n) is 3.77. The van der Waals surface area contributed by atoms with Gasteiger partial charge in [-0.25, -0.2) is 4.39 Å². The molecule has 1 aromatic heterocycles. The smallest absolute Gasteiger partial charge is 0.269 e. The molecule has 4 rings (SSSR count). The fraction of sp³-hybridized carbons (Fsp3) is 0.192. The Bertz CT molecular complexity index is 1330. The molecule has 0 spiro atoms. The van der Waals surface area contributed by atoms with Gasteiger partial charge in [0, 0.05) is 23.6 Å². The fourth-order valence-corrected chi connectivity index (χ4v) is 4.69. The monoisotopic (exact) mass is 505 g/mol. The first-order valence-electron chi connectivity index (χ1n) is 11.3. The molecular weight excluding hydrogens is 481 g/mol. The minimum absolute atomic E-state index is 0.0316. The second-order valence-corrected chi connectivity index (χ2v) is 8.95. The third-order valence-corrected chi connectivity index (χ3v) is 6.65. The van der Waals surface area contributed by atoms with Crippen molar-refractivity contribution in [3.8, 4) is 5.69 Å². The van der Waals surface area contributed by atoms with E-state index in [4.69, 9.17) is 0 Å². The van der Waals surface area contributed by atoms with Crippen molar-refractivity contribution in [3.63, 3.8) is 0 Å². The van der Waals surface area contributed by atoms with Gasteiger partial charge >= 0.3 is 0 Å². The summed E-state index contributed by atoms with van der Waals surface area (Å²) >= 11 is 1.39. The van der Waals surface area contributed by atoms with E-state index in [0.717, 1.165) is 11.1 Å². The number of aromatic nitrogens is 3. The van der Waals surface area contributed by atoms with Gasteiger partial charge in [0.25, 0.3) is 5.69 Å². The van der Waals surface area contributed by atoms with E-state index in [9.17, 15) is 19.3 Å². The van der Waals surface area contributed by atoms with Crippen molar-refractivity contribution in [3.05, 3.63) is 112 Å². The van der Waals surface area contributed by atoms with E-state index in [1.165, 1.54) is 36.0 Å². The molecule has 0 radical (unpaired) electrons. The number of nitro benzene ring substituents is 1. The van der Waals surface area contributed by atoms with Crippen LogP contribution in [0.2, 0.25) is 0 Å². The molecule has 0 saturated carbocycles. The van der Waals surface area contributed by atoms with Gasteiger partial charge < -0.3 is 5.32 Å². The van der Waals surface area contributed by atoms with Crippen molar-refractivity contribution in [2.75, 3.05) is 0 Å². The van der Waals surface area contributed by atoms with E-state index in [-0.39, 0.29) is 29.9 Å². The molecule has 0 bridgehead atoms. The van der Waals surface area contributed by atoms with Crippen LogP contribution in [0.15, 0.2) is 84.0 Å². The van der Waals surface area contributed by atoms with E-state index in [1.54, 1.807) is 28.8 Å². The van der Waals surface area contributed by atoms with Crippen LogP contribution in [-0.2, 0) is 17.1 Å². The second-order valence-electron chi connectivity index (χ2n) is 8.01. The zero-order chi connectivity index (χ0) is 25.5. The number of carbonyl (C=O) groups is 1. The highest BCUT2D eigenvalue weighted by Crippen LogP contribution is 2.27. The van der Waals surface area contributed by atoms with E-state index in [2.05, 4.69) is 15.5 Å². The standard InChI is InChI=1S/C26H24FN5O3S/c1-2-23(19-6-4-3-5-7-19)25(33)28-16-24-29-30-26(36-17-18-8-10-20(27)11-9-18)31(24)21-12-14-22(15-13-21)32(34)35/h3-15,23H,2,16-17H2,1H3,(H,28,33). The predicted octanol–water partition coefficient (Wildman–Crippen LogP) is 5.42. The van der Waals surface area contributed by atoms with E-state index in [1.807, 2.05) is 37.3 Å². The second kappa shape index (κ2) is 11.6. The number of thioether (sulfide) groups is 1. The Hall–Kier alpha value is -4.05. The van der Waals surface area contributed by atoms with Crippen LogP contribution in [0, 0.1) is 15.9 Å². The van der Waals surface area contributed by atoms with Crippen LogP contribution in [0.25, 0.3) is 5.69 Å². The SMILES string of the molecule is CCC(C(=O)NCc1nnc(SCc2ccc(F)cc2)n1-c1ccc([N+](=O)[O-])cc1)c1ccccc1. The molecule has 0 fully saturated rings. The summed E-state index contributed by atoms with van der Waals surface area (Å²) < 4.78 is 15.0. The highest BCUT2D eigenvalue weighted by molar-refractivity contribution is 7.98. The Balaban J connectivity index is 1.57. The molecule has 1 heterocycles. The molecule has 1 unspecified atom stereocenters.